The third-order valence-electron chi connectivity index (χ3n) is 3.88. The summed E-state index contributed by atoms with van der Waals surface area (Å²) in [5, 5.41) is 9.12. The van der Waals surface area contributed by atoms with Crippen molar-refractivity contribution in [1.29, 1.82) is 0 Å². The number of carboxylic acids is 1. The Morgan fingerprint density at radius 2 is 1.89 bits per heavy atom. The molecule has 0 spiro atoms. The molecule has 0 aromatic heterocycles. The number of ether oxygens (including phenoxy) is 2. The van der Waals surface area contributed by atoms with Crippen LogP contribution in [0, 0.1) is 11.3 Å². The molecule has 1 heterocycles. The van der Waals surface area contributed by atoms with E-state index in [-0.39, 0.29) is 22.8 Å². The summed E-state index contributed by atoms with van der Waals surface area (Å²) in [6.07, 6.45) is -3.65. The number of fused-ring (bicyclic) bond motifs is 1. The zero-order chi connectivity index (χ0) is 14.0. The molecule has 3 rings (SSSR count). The molecule has 2 aliphatic rings. The lowest BCUT2D eigenvalue weighted by Gasteiger charge is -2.04. The SMILES string of the molecule is CC1(C)[C@H](C(=O)O)[C@H]1c1ccc2c(c1)OC(F)(F)O2. The topological polar surface area (TPSA) is 55.8 Å². The molecule has 4 nitrogen and oxygen atoms in total. The van der Waals surface area contributed by atoms with Gasteiger partial charge in [0, 0.05) is 5.92 Å². The van der Waals surface area contributed by atoms with Crippen molar-refractivity contribution in [2.45, 2.75) is 26.1 Å². The highest BCUT2D eigenvalue weighted by molar-refractivity contribution is 5.77. The van der Waals surface area contributed by atoms with Crippen LogP contribution in [0.4, 0.5) is 8.78 Å². The fourth-order valence-electron chi connectivity index (χ4n) is 2.88. The summed E-state index contributed by atoms with van der Waals surface area (Å²) in [6.45, 7) is 3.69. The molecule has 0 saturated heterocycles. The van der Waals surface area contributed by atoms with E-state index in [1.54, 1.807) is 6.07 Å². The van der Waals surface area contributed by atoms with Crippen LogP contribution in [0.25, 0.3) is 0 Å². The molecule has 0 amide bonds. The second kappa shape index (κ2) is 3.37. The lowest BCUT2D eigenvalue weighted by atomic mass is 10.0. The molecular formula is C13H12F2O4. The Labute approximate surface area is 107 Å². The lowest BCUT2D eigenvalue weighted by molar-refractivity contribution is -0.286. The summed E-state index contributed by atoms with van der Waals surface area (Å²) in [5.41, 5.74) is 0.291. The van der Waals surface area contributed by atoms with Crippen LogP contribution in [0.1, 0.15) is 25.3 Å². The number of carbonyl (C=O) groups is 1. The normalized spacial score (nSPS) is 29.1. The van der Waals surface area contributed by atoms with Gasteiger partial charge in [0.1, 0.15) is 0 Å². The minimum absolute atomic E-state index is 0.0286. The highest BCUT2D eigenvalue weighted by Crippen LogP contribution is 2.65. The van der Waals surface area contributed by atoms with Crippen LogP contribution in [0.5, 0.6) is 11.5 Å². The summed E-state index contributed by atoms with van der Waals surface area (Å²) in [5.74, 6) is -1.66. The van der Waals surface area contributed by atoms with E-state index in [1.165, 1.54) is 12.1 Å². The van der Waals surface area contributed by atoms with Gasteiger partial charge < -0.3 is 14.6 Å². The van der Waals surface area contributed by atoms with E-state index < -0.39 is 18.2 Å². The van der Waals surface area contributed by atoms with Crippen molar-refractivity contribution in [1.82, 2.24) is 0 Å². The third-order valence-corrected chi connectivity index (χ3v) is 3.88. The molecule has 0 bridgehead atoms. The maximum absolute atomic E-state index is 12.9. The molecule has 102 valence electrons. The monoisotopic (exact) mass is 270 g/mol. The molecule has 2 atom stereocenters. The van der Waals surface area contributed by atoms with Gasteiger partial charge in [-0.1, -0.05) is 19.9 Å². The fraction of sp³-hybridized carbons (Fsp3) is 0.462. The maximum Gasteiger partial charge on any atom is 0.586 e. The number of alkyl halides is 2. The van der Waals surface area contributed by atoms with Gasteiger partial charge in [-0.15, -0.1) is 8.78 Å². The third kappa shape index (κ3) is 1.74. The van der Waals surface area contributed by atoms with Crippen molar-refractivity contribution in [3.63, 3.8) is 0 Å². The van der Waals surface area contributed by atoms with Crippen LogP contribution < -0.4 is 9.47 Å². The Morgan fingerprint density at radius 3 is 2.47 bits per heavy atom. The van der Waals surface area contributed by atoms with Crippen LogP contribution in [0.2, 0.25) is 0 Å². The number of hydrogen-bond acceptors (Lipinski definition) is 3. The van der Waals surface area contributed by atoms with E-state index in [0.29, 0.717) is 5.56 Å². The summed E-state index contributed by atoms with van der Waals surface area (Å²) in [4.78, 5) is 11.1. The zero-order valence-electron chi connectivity index (χ0n) is 10.3. The second-order valence-electron chi connectivity index (χ2n) is 5.49. The van der Waals surface area contributed by atoms with Crippen molar-refractivity contribution in [3.05, 3.63) is 23.8 Å². The molecular weight excluding hydrogens is 258 g/mol. The van der Waals surface area contributed by atoms with Crippen molar-refractivity contribution < 1.29 is 28.2 Å². The van der Waals surface area contributed by atoms with Crippen LogP contribution in [-0.4, -0.2) is 17.4 Å². The number of aliphatic carboxylic acids is 1. The average Bonchev–Trinajstić information content (AvgIpc) is 2.70. The molecule has 6 heteroatoms. The fourth-order valence-corrected chi connectivity index (χ4v) is 2.88. The highest BCUT2D eigenvalue weighted by atomic mass is 19.3. The van der Waals surface area contributed by atoms with Crippen molar-refractivity contribution in [3.8, 4) is 11.5 Å². The smallest absolute Gasteiger partial charge is 0.481 e. The van der Waals surface area contributed by atoms with Gasteiger partial charge in [0.05, 0.1) is 5.92 Å². The van der Waals surface area contributed by atoms with E-state index in [0.717, 1.165) is 0 Å². The van der Waals surface area contributed by atoms with Crippen LogP contribution in [0.15, 0.2) is 18.2 Å². The van der Waals surface area contributed by atoms with E-state index in [1.807, 2.05) is 13.8 Å². The van der Waals surface area contributed by atoms with Gasteiger partial charge in [-0.05, 0) is 23.1 Å². The molecule has 0 radical (unpaired) electrons. The Hall–Kier alpha value is -1.85. The number of carboxylic acid groups (broad SMARTS) is 1. The first-order chi connectivity index (χ1) is 8.72. The van der Waals surface area contributed by atoms with Gasteiger partial charge >= 0.3 is 12.3 Å². The Bertz CT molecular complexity index is 568. The molecule has 0 unspecified atom stereocenters. The number of benzene rings is 1. The van der Waals surface area contributed by atoms with E-state index in [9.17, 15) is 13.6 Å². The van der Waals surface area contributed by atoms with Gasteiger partial charge in [0.2, 0.25) is 0 Å². The van der Waals surface area contributed by atoms with Crippen molar-refractivity contribution in [2.75, 3.05) is 0 Å². The molecule has 1 aromatic carbocycles. The van der Waals surface area contributed by atoms with Gasteiger partial charge in [0.25, 0.3) is 0 Å². The zero-order valence-corrected chi connectivity index (χ0v) is 10.3. The number of halogens is 2. The van der Waals surface area contributed by atoms with Gasteiger partial charge in [-0.3, -0.25) is 4.79 Å². The summed E-state index contributed by atoms with van der Waals surface area (Å²) in [6, 6.07) is 4.43. The first-order valence-corrected chi connectivity index (χ1v) is 5.85. The lowest BCUT2D eigenvalue weighted by Crippen LogP contribution is -2.25. The minimum atomic E-state index is -3.65. The molecule has 1 aromatic rings. The molecule has 1 saturated carbocycles. The number of rotatable bonds is 2. The molecule has 1 aliphatic heterocycles. The van der Waals surface area contributed by atoms with E-state index in [2.05, 4.69) is 9.47 Å². The van der Waals surface area contributed by atoms with Crippen molar-refractivity contribution >= 4 is 5.97 Å². The Balaban J connectivity index is 1.92. The van der Waals surface area contributed by atoms with Crippen LogP contribution in [0.3, 0.4) is 0 Å². The number of hydrogen-bond donors (Lipinski definition) is 1. The first kappa shape index (κ1) is 12.2. The summed E-state index contributed by atoms with van der Waals surface area (Å²) in [7, 11) is 0. The van der Waals surface area contributed by atoms with Crippen LogP contribution in [-0.2, 0) is 4.79 Å². The van der Waals surface area contributed by atoms with E-state index >= 15 is 0 Å². The predicted octanol–water partition coefficient (Wildman–Crippen LogP) is 2.83. The highest BCUT2D eigenvalue weighted by Gasteiger charge is 2.63. The minimum Gasteiger partial charge on any atom is -0.481 e. The Kier molecular flexibility index (Phi) is 2.17. The van der Waals surface area contributed by atoms with Gasteiger partial charge in [-0.2, -0.15) is 0 Å². The first-order valence-electron chi connectivity index (χ1n) is 5.85. The standard InChI is InChI=1S/C13H12F2O4/c1-12(2)9(10(12)11(16)17)6-3-4-7-8(5-6)19-13(14,15)18-7/h3-5,9-10H,1-2H3,(H,16,17)/t9-,10+/m1/s1. The molecule has 19 heavy (non-hydrogen) atoms. The molecule has 1 N–H and O–H groups in total. The average molecular weight is 270 g/mol. The van der Waals surface area contributed by atoms with Crippen molar-refractivity contribution in [2.24, 2.45) is 11.3 Å². The summed E-state index contributed by atoms with van der Waals surface area (Å²) < 4.78 is 34.5. The predicted molar refractivity (Wildman–Crippen MR) is 60.3 cm³/mol. The van der Waals surface area contributed by atoms with Crippen LogP contribution >= 0.6 is 0 Å². The summed E-state index contributed by atoms with van der Waals surface area (Å²) >= 11 is 0. The molecule has 1 fully saturated rings. The van der Waals surface area contributed by atoms with Gasteiger partial charge in [0.15, 0.2) is 11.5 Å². The molecule has 1 aliphatic carbocycles. The maximum atomic E-state index is 12.9. The van der Waals surface area contributed by atoms with E-state index in [4.69, 9.17) is 5.11 Å². The van der Waals surface area contributed by atoms with Gasteiger partial charge in [-0.25, -0.2) is 0 Å². The second-order valence-corrected chi connectivity index (χ2v) is 5.49. The Morgan fingerprint density at radius 1 is 1.26 bits per heavy atom. The largest absolute Gasteiger partial charge is 0.586 e. The quantitative estimate of drug-likeness (QED) is 0.897.